The summed E-state index contributed by atoms with van der Waals surface area (Å²) >= 11 is 0. The summed E-state index contributed by atoms with van der Waals surface area (Å²) in [6.07, 6.45) is 5.48. The Balaban J connectivity index is 2.01. The van der Waals surface area contributed by atoms with Crippen LogP contribution < -0.4 is 0 Å². The summed E-state index contributed by atoms with van der Waals surface area (Å²) in [5.74, 6) is 0.247. The van der Waals surface area contributed by atoms with E-state index in [-0.39, 0.29) is 18.1 Å². The summed E-state index contributed by atoms with van der Waals surface area (Å²) in [4.78, 5) is 13.4. The molecule has 2 atom stereocenters. The topological polar surface area (TPSA) is 40.5 Å². The number of aliphatic hydroxyl groups is 1. The molecule has 1 N–H and O–H groups in total. The third kappa shape index (κ3) is 1.70. The van der Waals surface area contributed by atoms with E-state index >= 15 is 0 Å². The molecule has 0 unspecified atom stereocenters. The Bertz CT molecular complexity index is 205. The van der Waals surface area contributed by atoms with Crippen molar-refractivity contribution in [1.29, 1.82) is 0 Å². The SMILES string of the molecule is O=C1CCCCN1[C@H]1CCC[C@@H]1O. The van der Waals surface area contributed by atoms with Gasteiger partial charge in [0.25, 0.3) is 0 Å². The lowest BCUT2D eigenvalue weighted by molar-refractivity contribution is -0.137. The smallest absolute Gasteiger partial charge is 0.222 e. The van der Waals surface area contributed by atoms with Crippen LogP contribution in [-0.2, 0) is 4.79 Å². The molecule has 0 aromatic heterocycles. The first-order chi connectivity index (χ1) is 6.29. The number of hydrogen-bond donors (Lipinski definition) is 1. The van der Waals surface area contributed by atoms with Gasteiger partial charge in [-0.1, -0.05) is 0 Å². The molecule has 0 aromatic rings. The standard InChI is InChI=1S/C10H17NO2/c12-9-5-3-4-8(9)11-7-2-1-6-10(11)13/h8-9,12H,1-7H2/t8-,9-/m0/s1. The Morgan fingerprint density at radius 2 is 2.08 bits per heavy atom. The maximum atomic E-state index is 11.5. The Morgan fingerprint density at radius 1 is 1.23 bits per heavy atom. The third-order valence-corrected chi connectivity index (χ3v) is 3.20. The lowest BCUT2D eigenvalue weighted by Crippen LogP contribution is -2.46. The van der Waals surface area contributed by atoms with Gasteiger partial charge in [0, 0.05) is 13.0 Å². The zero-order valence-corrected chi connectivity index (χ0v) is 7.91. The van der Waals surface area contributed by atoms with Crippen LogP contribution in [0.1, 0.15) is 38.5 Å². The fraction of sp³-hybridized carbons (Fsp3) is 0.900. The number of aliphatic hydroxyl groups excluding tert-OH is 1. The Labute approximate surface area is 78.7 Å². The second-order valence-electron chi connectivity index (χ2n) is 4.11. The fourth-order valence-electron chi connectivity index (χ4n) is 2.46. The highest BCUT2D eigenvalue weighted by Gasteiger charge is 2.34. The van der Waals surface area contributed by atoms with E-state index in [1.54, 1.807) is 0 Å². The first-order valence-corrected chi connectivity index (χ1v) is 5.26. The summed E-state index contributed by atoms with van der Waals surface area (Å²) < 4.78 is 0. The first-order valence-electron chi connectivity index (χ1n) is 5.26. The van der Waals surface area contributed by atoms with Crippen molar-refractivity contribution in [3.8, 4) is 0 Å². The summed E-state index contributed by atoms with van der Waals surface area (Å²) in [5.41, 5.74) is 0. The molecule has 1 saturated carbocycles. The molecule has 1 aliphatic heterocycles. The summed E-state index contributed by atoms with van der Waals surface area (Å²) in [6.45, 7) is 0.862. The first kappa shape index (κ1) is 9.00. The summed E-state index contributed by atoms with van der Waals surface area (Å²) in [7, 11) is 0. The maximum Gasteiger partial charge on any atom is 0.222 e. The van der Waals surface area contributed by atoms with Crippen molar-refractivity contribution in [2.45, 2.75) is 50.7 Å². The molecule has 13 heavy (non-hydrogen) atoms. The van der Waals surface area contributed by atoms with E-state index in [1.807, 2.05) is 4.90 Å². The number of amides is 1. The molecular weight excluding hydrogens is 166 g/mol. The van der Waals surface area contributed by atoms with Crippen molar-refractivity contribution in [3.05, 3.63) is 0 Å². The van der Waals surface area contributed by atoms with Gasteiger partial charge in [0.15, 0.2) is 0 Å². The van der Waals surface area contributed by atoms with Gasteiger partial charge in [0.1, 0.15) is 0 Å². The average molecular weight is 183 g/mol. The minimum Gasteiger partial charge on any atom is -0.391 e. The molecule has 1 saturated heterocycles. The quantitative estimate of drug-likeness (QED) is 0.656. The summed E-state index contributed by atoms with van der Waals surface area (Å²) in [6, 6.07) is 0.132. The minimum absolute atomic E-state index is 0.132. The number of likely N-dealkylation sites (tertiary alicyclic amines) is 1. The number of nitrogens with zero attached hydrogens (tertiary/aromatic N) is 1. The number of carbonyl (C=O) groups is 1. The van der Waals surface area contributed by atoms with Gasteiger partial charge in [0.05, 0.1) is 12.1 Å². The highest BCUT2D eigenvalue weighted by atomic mass is 16.3. The van der Waals surface area contributed by atoms with Crippen molar-refractivity contribution in [3.63, 3.8) is 0 Å². The molecule has 2 fully saturated rings. The largest absolute Gasteiger partial charge is 0.391 e. The molecular formula is C10H17NO2. The summed E-state index contributed by atoms with van der Waals surface area (Å²) in [5, 5.41) is 9.67. The van der Waals surface area contributed by atoms with E-state index in [4.69, 9.17) is 0 Å². The van der Waals surface area contributed by atoms with E-state index in [2.05, 4.69) is 0 Å². The van der Waals surface area contributed by atoms with Gasteiger partial charge in [0.2, 0.25) is 5.91 Å². The van der Waals surface area contributed by atoms with Gasteiger partial charge in [-0.25, -0.2) is 0 Å². The van der Waals surface area contributed by atoms with Crippen molar-refractivity contribution >= 4 is 5.91 Å². The molecule has 1 amide bonds. The highest BCUT2D eigenvalue weighted by molar-refractivity contribution is 5.77. The Morgan fingerprint density at radius 3 is 2.69 bits per heavy atom. The molecule has 0 aromatic carbocycles. The normalized spacial score (nSPS) is 35.5. The van der Waals surface area contributed by atoms with Crippen LogP contribution in [0.4, 0.5) is 0 Å². The van der Waals surface area contributed by atoms with Crippen LogP contribution in [0, 0.1) is 0 Å². The molecule has 0 bridgehead atoms. The van der Waals surface area contributed by atoms with E-state index < -0.39 is 0 Å². The van der Waals surface area contributed by atoms with Crippen LogP contribution in [0.2, 0.25) is 0 Å². The van der Waals surface area contributed by atoms with Crippen LogP contribution in [0.5, 0.6) is 0 Å². The van der Waals surface area contributed by atoms with Crippen molar-refractivity contribution in [1.82, 2.24) is 4.90 Å². The zero-order chi connectivity index (χ0) is 9.26. The van der Waals surface area contributed by atoms with Crippen LogP contribution in [0.3, 0.4) is 0 Å². The molecule has 74 valence electrons. The van der Waals surface area contributed by atoms with Crippen LogP contribution in [0.15, 0.2) is 0 Å². The van der Waals surface area contributed by atoms with Gasteiger partial charge >= 0.3 is 0 Å². The second-order valence-corrected chi connectivity index (χ2v) is 4.11. The van der Waals surface area contributed by atoms with E-state index in [1.165, 1.54) is 0 Å². The molecule has 0 spiro atoms. The molecule has 0 radical (unpaired) electrons. The Hall–Kier alpha value is -0.570. The average Bonchev–Trinajstić information content (AvgIpc) is 2.52. The van der Waals surface area contributed by atoms with Crippen molar-refractivity contribution in [2.24, 2.45) is 0 Å². The predicted octanol–water partition coefficient (Wildman–Crippen LogP) is 0.912. The van der Waals surface area contributed by atoms with Crippen molar-refractivity contribution in [2.75, 3.05) is 6.54 Å². The fourth-order valence-corrected chi connectivity index (χ4v) is 2.46. The molecule has 2 aliphatic rings. The van der Waals surface area contributed by atoms with E-state index in [0.29, 0.717) is 6.42 Å². The molecule has 2 rings (SSSR count). The van der Waals surface area contributed by atoms with Gasteiger partial charge in [-0.15, -0.1) is 0 Å². The molecule has 1 aliphatic carbocycles. The van der Waals surface area contributed by atoms with Gasteiger partial charge in [-0.05, 0) is 32.1 Å². The monoisotopic (exact) mass is 183 g/mol. The second kappa shape index (κ2) is 3.66. The molecule has 3 nitrogen and oxygen atoms in total. The number of carbonyl (C=O) groups excluding carboxylic acids is 1. The minimum atomic E-state index is -0.262. The lowest BCUT2D eigenvalue weighted by atomic mass is 10.1. The Kier molecular flexibility index (Phi) is 2.54. The number of rotatable bonds is 1. The van der Waals surface area contributed by atoms with Gasteiger partial charge in [-0.2, -0.15) is 0 Å². The van der Waals surface area contributed by atoms with Gasteiger partial charge < -0.3 is 10.0 Å². The van der Waals surface area contributed by atoms with Crippen LogP contribution in [-0.4, -0.2) is 34.6 Å². The third-order valence-electron chi connectivity index (χ3n) is 3.20. The lowest BCUT2D eigenvalue weighted by Gasteiger charge is -2.34. The molecule has 1 heterocycles. The predicted molar refractivity (Wildman–Crippen MR) is 49.2 cm³/mol. The highest BCUT2D eigenvalue weighted by Crippen LogP contribution is 2.27. The van der Waals surface area contributed by atoms with Gasteiger partial charge in [-0.3, -0.25) is 4.79 Å². The number of piperidine rings is 1. The van der Waals surface area contributed by atoms with Crippen LogP contribution >= 0.6 is 0 Å². The van der Waals surface area contributed by atoms with Crippen LogP contribution in [0.25, 0.3) is 0 Å². The molecule has 3 heteroatoms. The van der Waals surface area contributed by atoms with E-state index in [0.717, 1.165) is 38.6 Å². The van der Waals surface area contributed by atoms with E-state index in [9.17, 15) is 9.90 Å². The maximum absolute atomic E-state index is 11.5. The number of hydrogen-bond acceptors (Lipinski definition) is 2. The zero-order valence-electron chi connectivity index (χ0n) is 7.91. The van der Waals surface area contributed by atoms with Crippen molar-refractivity contribution < 1.29 is 9.90 Å².